The zero-order chi connectivity index (χ0) is 23.2. The molecule has 1 saturated heterocycles. The first-order valence-corrected chi connectivity index (χ1v) is 12.2. The molecule has 2 N–H and O–H groups in total. The van der Waals surface area contributed by atoms with Gasteiger partial charge in [0.25, 0.3) is 5.91 Å². The van der Waals surface area contributed by atoms with Gasteiger partial charge in [0.2, 0.25) is 5.95 Å². The number of anilines is 3. The summed E-state index contributed by atoms with van der Waals surface area (Å²) < 4.78 is 0. The standard InChI is InChI=1S/C25H29Cl2N5O/c1-17-13-21(26)23(22(27)14-17)24(33)30-20-15-28-25(29-16-20)31-19-8-6-18(7-9-19)5-4-12-32-10-2-3-11-32/h6-9,13,15-17H,2-5,10-12,14H2,1H3,(H,30,33)(H,28,29,31). The minimum atomic E-state index is -0.363. The molecule has 8 heteroatoms. The van der Waals surface area contributed by atoms with Gasteiger partial charge in [-0.25, -0.2) is 9.97 Å². The van der Waals surface area contributed by atoms with Gasteiger partial charge in [-0.3, -0.25) is 4.79 Å². The minimum Gasteiger partial charge on any atom is -0.324 e. The number of allylic oxidation sites excluding steroid dienone is 2. The smallest absolute Gasteiger partial charge is 0.258 e. The number of amides is 1. The highest BCUT2D eigenvalue weighted by molar-refractivity contribution is 6.40. The van der Waals surface area contributed by atoms with Crippen LogP contribution in [0.15, 0.2) is 58.4 Å². The molecular formula is C25H29Cl2N5O. The SMILES string of the molecule is CC1C=C(Cl)C(C(=O)Nc2cnc(Nc3ccc(CCCN4CCCC4)cc3)nc2)=C(Cl)C1. The summed E-state index contributed by atoms with van der Waals surface area (Å²) in [6, 6.07) is 8.36. The third-order valence-corrected chi connectivity index (χ3v) is 6.59. The Balaban J connectivity index is 1.28. The van der Waals surface area contributed by atoms with Crippen LogP contribution < -0.4 is 10.6 Å². The number of rotatable bonds is 8. The quantitative estimate of drug-likeness (QED) is 0.491. The van der Waals surface area contributed by atoms with E-state index >= 15 is 0 Å². The molecule has 0 bridgehead atoms. The van der Waals surface area contributed by atoms with E-state index < -0.39 is 0 Å². The molecule has 1 amide bonds. The summed E-state index contributed by atoms with van der Waals surface area (Å²) in [5, 5.41) is 6.79. The van der Waals surface area contributed by atoms with E-state index in [1.165, 1.54) is 44.5 Å². The number of hydrogen-bond acceptors (Lipinski definition) is 5. The summed E-state index contributed by atoms with van der Waals surface area (Å²) >= 11 is 12.5. The third-order valence-electron chi connectivity index (χ3n) is 5.93. The van der Waals surface area contributed by atoms with Crippen molar-refractivity contribution in [2.45, 2.75) is 39.0 Å². The molecule has 4 rings (SSSR count). The summed E-state index contributed by atoms with van der Waals surface area (Å²) in [6.45, 7) is 5.69. The van der Waals surface area contributed by atoms with Crippen LogP contribution in [0.4, 0.5) is 17.3 Å². The topological polar surface area (TPSA) is 70.2 Å². The van der Waals surface area contributed by atoms with Gasteiger partial charge in [-0.2, -0.15) is 0 Å². The summed E-state index contributed by atoms with van der Waals surface area (Å²) in [5.74, 6) is 0.300. The largest absolute Gasteiger partial charge is 0.324 e. The van der Waals surface area contributed by atoms with Crippen LogP contribution in [0.2, 0.25) is 0 Å². The van der Waals surface area contributed by atoms with Crippen LogP contribution in [0.25, 0.3) is 0 Å². The lowest BCUT2D eigenvalue weighted by molar-refractivity contribution is -0.112. The second-order valence-corrected chi connectivity index (χ2v) is 9.56. The van der Waals surface area contributed by atoms with Crippen molar-refractivity contribution >= 4 is 46.4 Å². The first-order valence-electron chi connectivity index (χ1n) is 11.5. The van der Waals surface area contributed by atoms with E-state index in [1.807, 2.05) is 25.1 Å². The van der Waals surface area contributed by atoms with Crippen molar-refractivity contribution in [1.82, 2.24) is 14.9 Å². The molecule has 1 aliphatic carbocycles. The summed E-state index contributed by atoms with van der Waals surface area (Å²) in [4.78, 5) is 23.7. The Morgan fingerprint density at radius 2 is 1.79 bits per heavy atom. The zero-order valence-electron chi connectivity index (χ0n) is 18.8. The van der Waals surface area contributed by atoms with E-state index in [0.717, 1.165) is 12.1 Å². The van der Waals surface area contributed by atoms with Gasteiger partial charge >= 0.3 is 0 Å². The number of likely N-dealkylation sites (tertiary alicyclic amines) is 1. The average molecular weight is 486 g/mol. The monoisotopic (exact) mass is 485 g/mol. The van der Waals surface area contributed by atoms with E-state index in [0.29, 0.717) is 33.7 Å². The van der Waals surface area contributed by atoms with Gasteiger partial charge in [-0.05, 0) is 75.4 Å². The Labute approximate surface area is 205 Å². The normalized spacial score (nSPS) is 18.9. The molecule has 2 heterocycles. The molecule has 1 unspecified atom stereocenters. The number of carbonyl (C=O) groups excluding carboxylic acids is 1. The van der Waals surface area contributed by atoms with Gasteiger partial charge in [0.1, 0.15) is 0 Å². The second kappa shape index (κ2) is 11.1. The first-order chi connectivity index (χ1) is 16.0. The second-order valence-electron chi connectivity index (χ2n) is 8.70. The number of hydrogen-bond donors (Lipinski definition) is 2. The van der Waals surface area contributed by atoms with Crippen molar-refractivity contribution in [3.8, 4) is 0 Å². The Morgan fingerprint density at radius 1 is 1.09 bits per heavy atom. The van der Waals surface area contributed by atoms with Crippen molar-refractivity contribution < 1.29 is 4.79 Å². The van der Waals surface area contributed by atoms with Crippen molar-refractivity contribution in [2.24, 2.45) is 5.92 Å². The molecule has 2 aromatic rings. The molecule has 1 fully saturated rings. The van der Waals surface area contributed by atoms with E-state index in [9.17, 15) is 4.79 Å². The van der Waals surface area contributed by atoms with Gasteiger partial charge in [0, 0.05) is 10.7 Å². The molecule has 0 spiro atoms. The first kappa shape index (κ1) is 23.7. The van der Waals surface area contributed by atoms with E-state index in [4.69, 9.17) is 23.2 Å². The molecule has 1 atom stereocenters. The number of benzene rings is 1. The van der Waals surface area contributed by atoms with Crippen LogP contribution in [0.5, 0.6) is 0 Å². The molecule has 1 aromatic carbocycles. The lowest BCUT2D eigenvalue weighted by Gasteiger charge is -2.18. The maximum Gasteiger partial charge on any atom is 0.258 e. The zero-order valence-corrected chi connectivity index (χ0v) is 20.3. The number of nitrogens with one attached hydrogen (secondary N) is 2. The van der Waals surface area contributed by atoms with Gasteiger partial charge < -0.3 is 15.5 Å². The van der Waals surface area contributed by atoms with Crippen LogP contribution in [0.1, 0.15) is 38.2 Å². The molecule has 1 aliphatic heterocycles. The van der Waals surface area contributed by atoms with Gasteiger partial charge in [-0.1, -0.05) is 48.3 Å². The molecule has 0 saturated carbocycles. The molecule has 0 radical (unpaired) electrons. The van der Waals surface area contributed by atoms with Crippen LogP contribution in [0.3, 0.4) is 0 Å². The molecular weight excluding hydrogens is 457 g/mol. The molecule has 1 aromatic heterocycles. The van der Waals surface area contributed by atoms with Crippen LogP contribution in [-0.2, 0) is 11.2 Å². The number of halogens is 2. The van der Waals surface area contributed by atoms with Crippen LogP contribution in [-0.4, -0.2) is 40.4 Å². The Morgan fingerprint density at radius 3 is 2.45 bits per heavy atom. The predicted octanol–water partition coefficient (Wildman–Crippen LogP) is 5.84. The lowest BCUT2D eigenvalue weighted by atomic mass is 9.97. The maximum absolute atomic E-state index is 12.6. The fourth-order valence-corrected chi connectivity index (χ4v) is 5.08. The van der Waals surface area contributed by atoms with E-state index in [-0.39, 0.29) is 11.8 Å². The predicted molar refractivity (Wildman–Crippen MR) is 135 cm³/mol. The molecule has 174 valence electrons. The van der Waals surface area contributed by atoms with Crippen LogP contribution in [0, 0.1) is 5.92 Å². The highest BCUT2D eigenvalue weighted by Gasteiger charge is 2.23. The van der Waals surface area contributed by atoms with Crippen molar-refractivity contribution in [1.29, 1.82) is 0 Å². The number of carbonyl (C=O) groups is 1. The number of aryl methyl sites for hydroxylation is 1. The number of nitrogens with zero attached hydrogens (tertiary/aromatic N) is 3. The third kappa shape index (κ3) is 6.56. The maximum atomic E-state index is 12.6. The average Bonchev–Trinajstić information content (AvgIpc) is 3.29. The fraction of sp³-hybridized carbons (Fsp3) is 0.400. The number of aromatic nitrogens is 2. The highest BCUT2D eigenvalue weighted by atomic mass is 35.5. The molecule has 6 nitrogen and oxygen atoms in total. The van der Waals surface area contributed by atoms with Gasteiger partial charge in [-0.15, -0.1) is 0 Å². The van der Waals surface area contributed by atoms with Gasteiger partial charge in [0.05, 0.1) is 28.7 Å². The Hall–Kier alpha value is -2.41. The lowest BCUT2D eigenvalue weighted by Crippen LogP contribution is -2.20. The van der Waals surface area contributed by atoms with E-state index in [2.05, 4.69) is 37.6 Å². The Bertz CT molecular complexity index is 1030. The van der Waals surface area contributed by atoms with E-state index in [1.54, 1.807) is 12.4 Å². The highest BCUT2D eigenvalue weighted by Crippen LogP contribution is 2.34. The van der Waals surface area contributed by atoms with Crippen LogP contribution >= 0.6 is 23.2 Å². The molecule has 33 heavy (non-hydrogen) atoms. The fourth-order valence-electron chi connectivity index (χ4n) is 4.19. The summed E-state index contributed by atoms with van der Waals surface area (Å²) in [5.41, 5.74) is 3.02. The Kier molecular flexibility index (Phi) is 8.02. The summed E-state index contributed by atoms with van der Waals surface area (Å²) in [7, 11) is 0. The van der Waals surface area contributed by atoms with Gasteiger partial charge in [0.15, 0.2) is 0 Å². The summed E-state index contributed by atoms with van der Waals surface area (Å²) in [6.07, 6.45) is 10.5. The van der Waals surface area contributed by atoms with Crippen molar-refractivity contribution in [3.63, 3.8) is 0 Å². The van der Waals surface area contributed by atoms with Crippen molar-refractivity contribution in [3.05, 3.63) is 63.9 Å². The van der Waals surface area contributed by atoms with Crippen molar-refractivity contribution in [2.75, 3.05) is 30.3 Å². The molecule has 2 aliphatic rings. The minimum absolute atomic E-state index is 0.208.